The molecule has 1 aromatic carbocycles. The van der Waals surface area contributed by atoms with Gasteiger partial charge in [-0.15, -0.1) is 12.4 Å². The van der Waals surface area contributed by atoms with E-state index in [0.29, 0.717) is 28.6 Å². The second-order valence-electron chi connectivity index (χ2n) is 5.25. The van der Waals surface area contributed by atoms with Crippen LogP contribution in [0.4, 0.5) is 11.4 Å². The number of nitrogens with one attached hydrogen (secondary N) is 1. The zero-order chi connectivity index (χ0) is 16.6. The summed E-state index contributed by atoms with van der Waals surface area (Å²) in [5.74, 6) is 1.41. The zero-order valence-electron chi connectivity index (χ0n) is 13.6. The molecule has 130 valence electrons. The Morgan fingerprint density at radius 3 is 2.67 bits per heavy atom. The van der Waals surface area contributed by atoms with Crippen molar-refractivity contribution < 1.29 is 19.0 Å². The molecule has 0 radical (unpaired) electrons. The maximum atomic E-state index is 12.1. The molecule has 1 aliphatic heterocycles. The predicted molar refractivity (Wildman–Crippen MR) is 91.0 cm³/mol. The summed E-state index contributed by atoms with van der Waals surface area (Å²) in [6, 6.07) is 3.25. The smallest absolute Gasteiger partial charge is 0.262 e. The lowest BCUT2D eigenvalue weighted by atomic mass is 10.2. The Bertz CT molecular complexity index is 775. The van der Waals surface area contributed by atoms with E-state index in [1.807, 2.05) is 20.9 Å². The number of anilines is 2. The molecular weight excluding hydrogens is 336 g/mol. The van der Waals surface area contributed by atoms with Crippen LogP contribution in [0.15, 0.2) is 12.1 Å². The van der Waals surface area contributed by atoms with E-state index in [4.69, 9.17) is 19.9 Å². The average molecular weight is 355 g/mol. The Labute approximate surface area is 145 Å². The van der Waals surface area contributed by atoms with Gasteiger partial charge in [0.2, 0.25) is 6.79 Å². The number of benzene rings is 1. The molecule has 0 unspecified atom stereocenters. The number of ether oxygens (including phenoxy) is 3. The molecule has 2 heterocycles. The molecule has 0 aliphatic carbocycles. The van der Waals surface area contributed by atoms with Gasteiger partial charge < -0.3 is 25.3 Å². The molecule has 1 aliphatic rings. The van der Waals surface area contributed by atoms with Crippen molar-refractivity contribution in [3.8, 4) is 17.2 Å². The van der Waals surface area contributed by atoms with Gasteiger partial charge in [0.05, 0.1) is 17.1 Å². The first-order chi connectivity index (χ1) is 11.0. The van der Waals surface area contributed by atoms with E-state index in [9.17, 15) is 4.79 Å². The van der Waals surface area contributed by atoms with Crippen LogP contribution in [0.25, 0.3) is 0 Å². The highest BCUT2D eigenvalue weighted by Gasteiger charge is 2.18. The summed E-state index contributed by atoms with van der Waals surface area (Å²) in [4.78, 5) is 12.1. The summed E-state index contributed by atoms with van der Waals surface area (Å²) >= 11 is 0. The van der Waals surface area contributed by atoms with Crippen LogP contribution in [0.3, 0.4) is 0 Å². The number of carbonyl (C=O) groups excluding carboxylic acids is 1. The molecule has 2 aromatic rings. The van der Waals surface area contributed by atoms with E-state index in [1.165, 1.54) is 0 Å². The molecular formula is C15H19ClN4O4. The van der Waals surface area contributed by atoms with Crippen molar-refractivity contribution in [1.82, 2.24) is 9.78 Å². The number of rotatable bonds is 4. The molecule has 24 heavy (non-hydrogen) atoms. The van der Waals surface area contributed by atoms with Gasteiger partial charge in [-0.05, 0) is 13.8 Å². The Hall–Kier alpha value is -2.61. The van der Waals surface area contributed by atoms with Crippen LogP contribution in [0.5, 0.6) is 17.2 Å². The van der Waals surface area contributed by atoms with E-state index < -0.39 is 0 Å². The molecule has 9 heteroatoms. The van der Waals surface area contributed by atoms with Crippen LogP contribution < -0.4 is 25.3 Å². The molecule has 0 fully saturated rings. The second-order valence-corrected chi connectivity index (χ2v) is 5.25. The van der Waals surface area contributed by atoms with Gasteiger partial charge in [-0.1, -0.05) is 0 Å². The number of aryl methyl sites for hydroxylation is 2. The summed E-state index contributed by atoms with van der Waals surface area (Å²) in [6.07, 6.45) is 0. The summed E-state index contributed by atoms with van der Waals surface area (Å²) < 4.78 is 17.8. The second kappa shape index (κ2) is 6.88. The standard InChI is InChI=1S/C15H18N4O4.ClH/c1-8-15(9(2)19(3)18-8)21-6-14(20)17-11-5-13-12(4-10(11)16)22-7-23-13;/h4-5H,6-7,16H2,1-3H3,(H,17,20);1H. The Morgan fingerprint density at radius 2 is 2.04 bits per heavy atom. The van der Waals surface area contributed by atoms with Crippen molar-refractivity contribution in [2.45, 2.75) is 13.8 Å². The first kappa shape index (κ1) is 17.7. The zero-order valence-corrected chi connectivity index (χ0v) is 14.4. The Balaban J connectivity index is 0.00000208. The van der Waals surface area contributed by atoms with Gasteiger partial charge in [0.15, 0.2) is 23.9 Å². The molecule has 0 atom stereocenters. The quantitative estimate of drug-likeness (QED) is 0.812. The highest BCUT2D eigenvalue weighted by Crippen LogP contribution is 2.38. The maximum Gasteiger partial charge on any atom is 0.262 e. The SMILES string of the molecule is Cc1nn(C)c(C)c1OCC(=O)Nc1cc2c(cc1N)OCO2.Cl. The van der Waals surface area contributed by atoms with Crippen LogP contribution in [-0.2, 0) is 11.8 Å². The van der Waals surface area contributed by atoms with E-state index in [0.717, 1.165) is 11.4 Å². The number of halogens is 1. The molecule has 0 saturated carbocycles. The first-order valence-corrected chi connectivity index (χ1v) is 7.07. The van der Waals surface area contributed by atoms with Gasteiger partial charge in [0, 0.05) is 19.2 Å². The summed E-state index contributed by atoms with van der Waals surface area (Å²) in [7, 11) is 1.82. The van der Waals surface area contributed by atoms with Crippen LogP contribution in [0.1, 0.15) is 11.4 Å². The normalized spacial score (nSPS) is 11.8. The number of nitrogens with two attached hydrogens (primary N) is 1. The molecule has 0 saturated heterocycles. The number of nitrogen functional groups attached to an aromatic ring is 1. The molecule has 3 N–H and O–H groups in total. The minimum absolute atomic E-state index is 0. The fourth-order valence-corrected chi connectivity index (χ4v) is 2.35. The lowest BCUT2D eigenvalue weighted by molar-refractivity contribution is -0.118. The van der Waals surface area contributed by atoms with Crippen molar-refractivity contribution in [2.75, 3.05) is 24.5 Å². The number of fused-ring (bicyclic) bond motifs is 1. The molecule has 1 amide bonds. The van der Waals surface area contributed by atoms with Crippen molar-refractivity contribution in [3.05, 3.63) is 23.5 Å². The lowest BCUT2D eigenvalue weighted by Gasteiger charge is -2.10. The Morgan fingerprint density at radius 1 is 1.38 bits per heavy atom. The predicted octanol–water partition coefficient (Wildman–Crippen LogP) is 1.79. The number of nitrogens with zero attached hydrogens (tertiary/aromatic N) is 2. The number of amides is 1. The van der Waals surface area contributed by atoms with E-state index in [-0.39, 0.29) is 31.7 Å². The number of carbonyl (C=O) groups is 1. The molecule has 0 spiro atoms. The minimum atomic E-state index is -0.321. The van der Waals surface area contributed by atoms with Gasteiger partial charge >= 0.3 is 0 Å². The van der Waals surface area contributed by atoms with Gasteiger partial charge in [-0.3, -0.25) is 9.48 Å². The van der Waals surface area contributed by atoms with Gasteiger partial charge in [-0.25, -0.2) is 0 Å². The van der Waals surface area contributed by atoms with Crippen LogP contribution in [0, 0.1) is 13.8 Å². The molecule has 3 rings (SSSR count). The summed E-state index contributed by atoms with van der Waals surface area (Å²) in [5.41, 5.74) is 8.35. The number of hydrogen-bond donors (Lipinski definition) is 2. The molecule has 0 bridgehead atoms. The van der Waals surface area contributed by atoms with Crippen molar-refractivity contribution >= 4 is 29.7 Å². The summed E-state index contributed by atoms with van der Waals surface area (Å²) in [5, 5.41) is 6.94. The van der Waals surface area contributed by atoms with Crippen molar-refractivity contribution in [2.24, 2.45) is 7.05 Å². The fourth-order valence-electron chi connectivity index (χ4n) is 2.35. The van der Waals surface area contributed by atoms with E-state index in [1.54, 1.807) is 16.8 Å². The summed E-state index contributed by atoms with van der Waals surface area (Å²) in [6.45, 7) is 3.72. The number of hydrogen-bond acceptors (Lipinski definition) is 6. The van der Waals surface area contributed by atoms with Crippen LogP contribution in [-0.4, -0.2) is 29.1 Å². The van der Waals surface area contributed by atoms with Gasteiger partial charge in [0.1, 0.15) is 5.69 Å². The van der Waals surface area contributed by atoms with Crippen molar-refractivity contribution in [1.29, 1.82) is 0 Å². The third kappa shape index (κ3) is 3.33. The largest absolute Gasteiger partial charge is 0.480 e. The number of aromatic nitrogens is 2. The molecule has 8 nitrogen and oxygen atoms in total. The maximum absolute atomic E-state index is 12.1. The van der Waals surface area contributed by atoms with Crippen molar-refractivity contribution in [3.63, 3.8) is 0 Å². The monoisotopic (exact) mass is 354 g/mol. The fraction of sp³-hybridized carbons (Fsp3) is 0.333. The van der Waals surface area contributed by atoms with E-state index >= 15 is 0 Å². The highest BCUT2D eigenvalue weighted by molar-refractivity contribution is 5.95. The lowest BCUT2D eigenvalue weighted by Crippen LogP contribution is -2.21. The third-order valence-corrected chi connectivity index (χ3v) is 3.61. The van der Waals surface area contributed by atoms with E-state index in [2.05, 4.69) is 10.4 Å². The van der Waals surface area contributed by atoms with Gasteiger partial charge in [0.25, 0.3) is 5.91 Å². The van der Waals surface area contributed by atoms with Gasteiger partial charge in [-0.2, -0.15) is 5.10 Å². The minimum Gasteiger partial charge on any atom is -0.480 e. The Kier molecular flexibility index (Phi) is 5.08. The van der Waals surface area contributed by atoms with Crippen LogP contribution >= 0.6 is 12.4 Å². The van der Waals surface area contributed by atoms with Crippen LogP contribution in [0.2, 0.25) is 0 Å². The first-order valence-electron chi connectivity index (χ1n) is 7.07. The molecule has 1 aromatic heterocycles. The average Bonchev–Trinajstić information content (AvgIpc) is 3.03. The topological polar surface area (TPSA) is 101 Å². The highest BCUT2D eigenvalue weighted by atomic mass is 35.5. The third-order valence-electron chi connectivity index (χ3n) is 3.61.